The van der Waals surface area contributed by atoms with Crippen LogP contribution in [0.1, 0.15) is 33.1 Å². The van der Waals surface area contributed by atoms with Crippen molar-refractivity contribution in [2.45, 2.75) is 69.7 Å². The fourth-order valence-corrected chi connectivity index (χ4v) is 7.52. The zero-order valence-electron chi connectivity index (χ0n) is 24.5. The Bertz CT molecular complexity index is 1540. The van der Waals surface area contributed by atoms with Gasteiger partial charge in [0.1, 0.15) is 42.0 Å². The van der Waals surface area contributed by atoms with Gasteiger partial charge in [-0.15, -0.1) is 5.10 Å². The number of ether oxygens (including phenoxy) is 2. The van der Waals surface area contributed by atoms with E-state index in [1.54, 1.807) is 28.7 Å². The topological polar surface area (TPSA) is 156 Å². The number of amides is 3. The number of hydrogen-bond acceptors (Lipinski definition) is 9. The molecule has 0 saturated carbocycles. The van der Waals surface area contributed by atoms with Gasteiger partial charge in [-0.3, -0.25) is 19.2 Å². The molecule has 13 nitrogen and oxygen atoms in total. The van der Waals surface area contributed by atoms with Gasteiger partial charge in [0.05, 0.1) is 30.6 Å². The number of aromatic nitrogens is 3. The summed E-state index contributed by atoms with van der Waals surface area (Å²) in [4.78, 5) is 58.2. The Balaban J connectivity index is 1.45. The molecule has 4 aliphatic rings. The third-order valence-corrected chi connectivity index (χ3v) is 9.60. The molecule has 5 bridgehead atoms. The van der Waals surface area contributed by atoms with Gasteiger partial charge >= 0.3 is 5.97 Å². The summed E-state index contributed by atoms with van der Waals surface area (Å²) in [6.07, 6.45) is 4.91. The third-order valence-electron chi connectivity index (χ3n) is 8.92. The standard InChI is InChI=1S/C30H35BrN6O7/c1-3-18(15-38)37-26-28(41)35(16-36-21-10-7-6-9-20(21)33-34-36)12-8-4-5-11-22(39)32-14-17(2)43-29(42)23-24(27(37)40)30(26)13-19(31)25(23)44-30/h4,6-10,13,17-18,23-26,38H,3,5,11-12,14-16H2,1-2H3,(H,32,39)/b8-4-/t17-,18+,23+,24-,25+,26+,30-/m1/s1. The summed E-state index contributed by atoms with van der Waals surface area (Å²) in [5, 5.41) is 21.6. The molecule has 0 aliphatic carbocycles. The van der Waals surface area contributed by atoms with Crippen LogP contribution in [0.5, 0.6) is 0 Å². The van der Waals surface area contributed by atoms with Crippen LogP contribution in [-0.4, -0.2) is 103 Å². The van der Waals surface area contributed by atoms with Crippen LogP contribution in [0.25, 0.3) is 11.0 Å². The highest BCUT2D eigenvalue weighted by atomic mass is 79.9. The molecule has 7 atom stereocenters. The van der Waals surface area contributed by atoms with E-state index in [0.29, 0.717) is 22.8 Å². The number of aliphatic hydroxyl groups is 1. The first-order valence-electron chi connectivity index (χ1n) is 14.9. The molecule has 2 aromatic rings. The molecule has 2 fully saturated rings. The molecular formula is C30H35BrN6O7. The Hall–Kier alpha value is -3.62. The monoisotopic (exact) mass is 670 g/mol. The molecule has 14 heteroatoms. The summed E-state index contributed by atoms with van der Waals surface area (Å²) in [5.74, 6) is -3.80. The molecule has 5 heterocycles. The number of aliphatic hydroxyl groups excluding tert-OH is 1. The van der Waals surface area contributed by atoms with Crippen molar-refractivity contribution in [3.05, 3.63) is 47.0 Å². The average Bonchev–Trinajstić information content (AvgIpc) is 3.73. The highest BCUT2D eigenvalue weighted by molar-refractivity contribution is 9.11. The van der Waals surface area contributed by atoms with Crippen molar-refractivity contribution in [3.8, 4) is 0 Å². The minimum absolute atomic E-state index is 0.0106. The fraction of sp³-hybridized carbons (Fsp3) is 0.533. The number of halogens is 1. The number of esters is 1. The summed E-state index contributed by atoms with van der Waals surface area (Å²) in [6, 6.07) is 5.52. The number of fused-ring (bicyclic) bond motifs is 3. The number of rotatable bonds is 5. The van der Waals surface area contributed by atoms with Gasteiger partial charge < -0.3 is 29.7 Å². The Morgan fingerprint density at radius 1 is 1.18 bits per heavy atom. The second-order valence-electron chi connectivity index (χ2n) is 11.7. The molecule has 4 aliphatic heterocycles. The molecule has 1 spiro atoms. The van der Waals surface area contributed by atoms with Gasteiger partial charge in [-0.25, -0.2) is 4.68 Å². The fourth-order valence-electron chi connectivity index (χ4n) is 6.79. The van der Waals surface area contributed by atoms with Gasteiger partial charge in [0.15, 0.2) is 0 Å². The van der Waals surface area contributed by atoms with Crippen LogP contribution in [0.4, 0.5) is 0 Å². The first-order chi connectivity index (χ1) is 21.2. The largest absolute Gasteiger partial charge is 0.460 e. The van der Waals surface area contributed by atoms with Crippen LogP contribution in [0.2, 0.25) is 0 Å². The second-order valence-corrected chi connectivity index (χ2v) is 12.6. The lowest BCUT2D eigenvalue weighted by Gasteiger charge is -2.38. The van der Waals surface area contributed by atoms with Crippen LogP contribution in [0.3, 0.4) is 0 Å². The minimum atomic E-state index is -1.47. The smallest absolute Gasteiger partial charge is 0.313 e. The number of carbonyl (C=O) groups excluding carboxylic acids is 4. The van der Waals surface area contributed by atoms with Gasteiger partial charge in [0, 0.05) is 17.4 Å². The minimum Gasteiger partial charge on any atom is -0.460 e. The number of para-hydroxylation sites is 1. The van der Waals surface area contributed by atoms with E-state index < -0.39 is 59.5 Å². The van der Waals surface area contributed by atoms with Crippen molar-refractivity contribution < 1.29 is 33.8 Å². The average molecular weight is 672 g/mol. The van der Waals surface area contributed by atoms with Crippen molar-refractivity contribution in [1.82, 2.24) is 30.1 Å². The molecular weight excluding hydrogens is 636 g/mol. The van der Waals surface area contributed by atoms with Crippen molar-refractivity contribution in [2.75, 3.05) is 19.7 Å². The van der Waals surface area contributed by atoms with Crippen LogP contribution < -0.4 is 5.32 Å². The summed E-state index contributed by atoms with van der Waals surface area (Å²) in [5.41, 5.74) is -0.0872. The van der Waals surface area contributed by atoms with Gasteiger partial charge in [-0.1, -0.05) is 52.4 Å². The second kappa shape index (κ2) is 12.1. The van der Waals surface area contributed by atoms with E-state index in [2.05, 4.69) is 31.6 Å². The lowest BCUT2D eigenvalue weighted by Crippen LogP contribution is -2.58. The molecule has 234 valence electrons. The highest BCUT2D eigenvalue weighted by Crippen LogP contribution is 2.59. The number of hydrogen-bond donors (Lipinski definition) is 2. The molecule has 6 rings (SSSR count). The van der Waals surface area contributed by atoms with E-state index in [-0.39, 0.29) is 38.7 Å². The number of nitrogens with one attached hydrogen (secondary N) is 1. The normalized spacial score (nSPS) is 32.5. The molecule has 2 saturated heterocycles. The van der Waals surface area contributed by atoms with Crippen molar-refractivity contribution >= 4 is 50.7 Å². The summed E-state index contributed by atoms with van der Waals surface area (Å²) >= 11 is 3.54. The number of benzene rings is 1. The number of likely N-dealkylation sites (tertiary alicyclic amines) is 1. The SMILES string of the molecule is CC[C@@H](CO)N1C(=O)[C@H]2[C@@H]3C(=O)O[C@H](C)CNC(=O)CC/C=C\CN(Cn4nnc5ccccc54)C(=O)[C@H]1[C@@]21C=C(Br)[C@@H]3O1. The maximum absolute atomic E-state index is 14.8. The van der Waals surface area contributed by atoms with Crippen LogP contribution in [-0.2, 0) is 35.3 Å². The Labute approximate surface area is 262 Å². The van der Waals surface area contributed by atoms with Crippen LogP contribution in [0, 0.1) is 11.8 Å². The van der Waals surface area contributed by atoms with E-state index >= 15 is 0 Å². The maximum atomic E-state index is 14.8. The van der Waals surface area contributed by atoms with E-state index in [1.807, 2.05) is 37.3 Å². The van der Waals surface area contributed by atoms with Crippen molar-refractivity contribution in [2.24, 2.45) is 11.8 Å². The molecule has 0 unspecified atom stereocenters. The first kappa shape index (κ1) is 30.4. The maximum Gasteiger partial charge on any atom is 0.313 e. The number of nitrogens with zero attached hydrogens (tertiary/aromatic N) is 5. The van der Waals surface area contributed by atoms with Gasteiger partial charge in [0.2, 0.25) is 11.8 Å². The molecule has 44 heavy (non-hydrogen) atoms. The van der Waals surface area contributed by atoms with Crippen molar-refractivity contribution in [3.63, 3.8) is 0 Å². The first-order valence-corrected chi connectivity index (χ1v) is 15.7. The molecule has 1 aromatic carbocycles. The Kier molecular flexibility index (Phi) is 8.33. The number of allylic oxidation sites excluding steroid dienone is 1. The highest BCUT2D eigenvalue weighted by Gasteiger charge is 2.75. The van der Waals surface area contributed by atoms with Crippen LogP contribution in [0.15, 0.2) is 47.0 Å². The summed E-state index contributed by atoms with van der Waals surface area (Å²) < 4.78 is 14.4. The van der Waals surface area contributed by atoms with E-state index in [9.17, 15) is 24.3 Å². The molecule has 3 amide bonds. The van der Waals surface area contributed by atoms with E-state index in [4.69, 9.17) is 9.47 Å². The number of carbonyl (C=O) groups is 4. The van der Waals surface area contributed by atoms with Crippen molar-refractivity contribution in [1.29, 1.82) is 0 Å². The molecule has 0 radical (unpaired) electrons. The van der Waals surface area contributed by atoms with Gasteiger partial charge in [-0.2, -0.15) is 0 Å². The lowest BCUT2D eigenvalue weighted by molar-refractivity contribution is -0.159. The third kappa shape index (κ3) is 5.02. The van der Waals surface area contributed by atoms with E-state index in [1.165, 1.54) is 4.90 Å². The predicted molar refractivity (Wildman–Crippen MR) is 160 cm³/mol. The van der Waals surface area contributed by atoms with Gasteiger partial charge in [-0.05, 0) is 38.0 Å². The van der Waals surface area contributed by atoms with E-state index in [0.717, 1.165) is 5.52 Å². The lowest BCUT2D eigenvalue weighted by atomic mass is 9.74. The predicted octanol–water partition coefficient (Wildman–Crippen LogP) is 1.26. The van der Waals surface area contributed by atoms with Crippen LogP contribution >= 0.6 is 15.9 Å². The quantitative estimate of drug-likeness (QED) is 0.353. The Morgan fingerprint density at radius 3 is 2.75 bits per heavy atom. The summed E-state index contributed by atoms with van der Waals surface area (Å²) in [6.45, 7) is 3.39. The Morgan fingerprint density at radius 2 is 1.98 bits per heavy atom. The zero-order chi connectivity index (χ0) is 31.2. The molecule has 2 N–H and O–H groups in total. The summed E-state index contributed by atoms with van der Waals surface area (Å²) in [7, 11) is 0. The number of cyclic esters (lactones) is 1. The molecule has 1 aromatic heterocycles. The van der Waals surface area contributed by atoms with Gasteiger partial charge in [0.25, 0.3) is 5.91 Å². The zero-order valence-corrected chi connectivity index (χ0v) is 26.1.